The third kappa shape index (κ3) is 7.22. The van der Waals surface area contributed by atoms with Crippen molar-refractivity contribution < 1.29 is 24.2 Å². The molecule has 0 saturated heterocycles. The summed E-state index contributed by atoms with van der Waals surface area (Å²) in [5, 5.41) is 2.69. The number of benzene rings is 3. The molecule has 0 nitrogen and oxygen atoms in total. The average Bonchev–Trinajstić information content (AvgIpc) is 3.61. The number of fused-ring (bicyclic) bond motifs is 2. The molecule has 0 spiro atoms. The molecule has 44 heavy (non-hydrogen) atoms. The zero-order valence-electron chi connectivity index (χ0n) is 27.1. The number of halogens is 2. The van der Waals surface area contributed by atoms with Gasteiger partial charge >= 0.3 is 99.2 Å². The molecule has 3 heteroatoms. The van der Waals surface area contributed by atoms with E-state index in [0.717, 1.165) is 12.8 Å². The van der Waals surface area contributed by atoms with Crippen LogP contribution < -0.4 is 10.4 Å². The van der Waals surface area contributed by atoms with Gasteiger partial charge in [0.1, 0.15) is 0 Å². The number of hydrogen-bond acceptors (Lipinski definition) is 0. The Kier molecular flexibility index (Phi) is 11.8. The second-order valence-corrected chi connectivity index (χ2v) is 14.8. The summed E-state index contributed by atoms with van der Waals surface area (Å²) >= 11 is 1.46. The Hall–Kier alpha value is -2.31. The van der Waals surface area contributed by atoms with Crippen molar-refractivity contribution in [1.82, 2.24) is 0 Å². The van der Waals surface area contributed by atoms with E-state index in [0.29, 0.717) is 0 Å². The summed E-state index contributed by atoms with van der Waals surface area (Å²) in [4.78, 5) is 0. The van der Waals surface area contributed by atoms with Crippen molar-refractivity contribution >= 4 is 39.7 Å². The second-order valence-electron chi connectivity index (χ2n) is 13.6. The maximum atomic E-state index is 4.02. The van der Waals surface area contributed by atoms with E-state index in [1.54, 1.807) is 0 Å². The van der Waals surface area contributed by atoms with Gasteiger partial charge in [0.2, 0.25) is 0 Å². The van der Waals surface area contributed by atoms with Crippen molar-refractivity contribution in [2.24, 2.45) is 10.8 Å². The molecule has 3 aromatic rings. The SMILES string of the molecule is CCC1=C(C2(C(C)(C)C)[C-]=C3C=c4cc(C(C)(C)C)ccc4=C3C=C2)CC=C1.Cl.Cl.[Zr]=[C](c1ccccc1)c1ccccc1. The molecule has 0 aliphatic heterocycles. The summed E-state index contributed by atoms with van der Waals surface area (Å²) in [6.45, 7) is 16.2. The van der Waals surface area contributed by atoms with Gasteiger partial charge in [-0.1, -0.05) is 101 Å². The fourth-order valence-electron chi connectivity index (χ4n) is 6.26. The first kappa shape index (κ1) is 36.2. The maximum absolute atomic E-state index is 4.02. The van der Waals surface area contributed by atoms with Crippen LogP contribution in [0.4, 0.5) is 0 Å². The van der Waals surface area contributed by atoms with Crippen molar-refractivity contribution in [1.29, 1.82) is 0 Å². The van der Waals surface area contributed by atoms with E-state index in [2.05, 4.69) is 164 Å². The minimum absolute atomic E-state index is 0. The first-order chi connectivity index (χ1) is 19.9. The van der Waals surface area contributed by atoms with Gasteiger partial charge in [0, 0.05) is 0 Å². The molecule has 0 amide bonds. The zero-order chi connectivity index (χ0) is 30.1. The van der Waals surface area contributed by atoms with Crippen LogP contribution in [-0.4, -0.2) is 3.21 Å². The Morgan fingerprint density at radius 3 is 1.93 bits per heavy atom. The monoisotopic (exact) mass is 697 g/mol. The van der Waals surface area contributed by atoms with E-state index in [4.69, 9.17) is 0 Å². The van der Waals surface area contributed by atoms with Gasteiger partial charge < -0.3 is 0 Å². The Labute approximate surface area is 292 Å². The van der Waals surface area contributed by atoms with E-state index < -0.39 is 0 Å². The minimum atomic E-state index is -0.147. The normalized spacial score (nSPS) is 18.1. The van der Waals surface area contributed by atoms with Gasteiger partial charge in [-0.05, 0) is 40.2 Å². The summed E-state index contributed by atoms with van der Waals surface area (Å²) in [5.41, 5.74) is 9.77. The topological polar surface area (TPSA) is 0 Å². The second kappa shape index (κ2) is 14.4. The molecular weight excluding hydrogens is 655 g/mol. The molecule has 3 aliphatic carbocycles. The molecule has 0 aromatic heterocycles. The Bertz CT molecular complexity index is 1700. The van der Waals surface area contributed by atoms with Gasteiger partial charge in [-0.25, -0.2) is 0 Å². The van der Waals surface area contributed by atoms with Crippen LogP contribution in [0.3, 0.4) is 0 Å². The molecule has 0 fully saturated rings. The van der Waals surface area contributed by atoms with Crippen LogP contribution >= 0.6 is 24.8 Å². The Morgan fingerprint density at radius 2 is 1.41 bits per heavy atom. The summed E-state index contributed by atoms with van der Waals surface area (Å²) in [6, 6.07) is 28.1. The predicted octanol–water partition coefficient (Wildman–Crippen LogP) is 9.57. The fourth-order valence-corrected chi connectivity index (χ4v) is 7.08. The van der Waals surface area contributed by atoms with Crippen LogP contribution in [0.15, 0.2) is 120 Å². The Morgan fingerprint density at radius 1 is 0.818 bits per heavy atom. The molecule has 1 unspecified atom stereocenters. The van der Waals surface area contributed by atoms with Crippen LogP contribution in [-0.2, 0) is 29.7 Å². The van der Waals surface area contributed by atoms with Gasteiger partial charge in [0.15, 0.2) is 0 Å². The molecule has 0 bridgehead atoms. The molecule has 0 heterocycles. The molecule has 0 radical (unpaired) electrons. The van der Waals surface area contributed by atoms with Crippen molar-refractivity contribution in [2.75, 3.05) is 0 Å². The van der Waals surface area contributed by atoms with Crippen molar-refractivity contribution in [2.45, 2.75) is 66.7 Å². The molecule has 0 saturated carbocycles. The summed E-state index contributed by atoms with van der Waals surface area (Å²) in [5.74, 6) is 0. The van der Waals surface area contributed by atoms with E-state index in [1.165, 1.54) is 76.9 Å². The fraction of sp³-hybridized carbons (Fsp3) is 0.293. The van der Waals surface area contributed by atoms with E-state index in [9.17, 15) is 0 Å². The van der Waals surface area contributed by atoms with Gasteiger partial charge in [0.25, 0.3) is 0 Å². The predicted molar refractivity (Wildman–Crippen MR) is 192 cm³/mol. The molecular formula is C41H45Cl2Zr-. The van der Waals surface area contributed by atoms with Crippen molar-refractivity contribution in [3.05, 3.63) is 153 Å². The van der Waals surface area contributed by atoms with Crippen LogP contribution in [0.5, 0.6) is 0 Å². The number of hydrogen-bond donors (Lipinski definition) is 0. The summed E-state index contributed by atoms with van der Waals surface area (Å²) < 4.78 is 1.42. The van der Waals surface area contributed by atoms with Crippen LogP contribution in [0.2, 0.25) is 0 Å². The van der Waals surface area contributed by atoms with E-state index in [-0.39, 0.29) is 41.1 Å². The number of allylic oxidation sites excluding steroid dienone is 8. The average molecular weight is 700 g/mol. The van der Waals surface area contributed by atoms with Gasteiger partial charge in [-0.3, -0.25) is 0 Å². The molecule has 6 rings (SSSR count). The van der Waals surface area contributed by atoms with Crippen molar-refractivity contribution in [3.8, 4) is 0 Å². The Balaban J connectivity index is 0.000000280. The third-order valence-electron chi connectivity index (χ3n) is 8.82. The third-order valence-corrected chi connectivity index (χ3v) is 10.2. The standard InChI is InChI=1S/C28H33.C13H10.2ClH.Zr/c1-8-19-10-9-11-25(19)28(27(5,6)7)15-14-24-21(18-28)16-20-17-22(26(2,3)4)12-13-23(20)24;1-3-7-12(8-4-1)11-13-9-5-2-6-10-13;;;/h9-10,12-17H,8,11H2,1-7H3;1-10H;2*1H;/q-1;;;;. The zero-order valence-corrected chi connectivity index (χ0v) is 31.2. The molecule has 0 N–H and O–H groups in total. The first-order valence-corrected chi connectivity index (χ1v) is 16.5. The van der Waals surface area contributed by atoms with Crippen LogP contribution in [0.25, 0.3) is 11.6 Å². The molecule has 3 aliphatic rings. The van der Waals surface area contributed by atoms with E-state index >= 15 is 0 Å². The summed E-state index contributed by atoms with van der Waals surface area (Å²) in [6.07, 6.45) is 18.0. The molecule has 1 atom stereocenters. The van der Waals surface area contributed by atoms with Crippen molar-refractivity contribution in [3.63, 3.8) is 0 Å². The van der Waals surface area contributed by atoms with Crippen LogP contribution in [0, 0.1) is 16.9 Å². The molecule has 3 aromatic carbocycles. The van der Waals surface area contributed by atoms with Gasteiger partial charge in [-0.15, -0.1) is 36.5 Å². The van der Waals surface area contributed by atoms with Crippen LogP contribution in [0.1, 0.15) is 78.0 Å². The van der Waals surface area contributed by atoms with E-state index in [1.807, 2.05) is 0 Å². The number of rotatable bonds is 4. The quantitative estimate of drug-likeness (QED) is 0.238. The summed E-state index contributed by atoms with van der Waals surface area (Å²) in [7, 11) is 0. The first-order valence-electron chi connectivity index (χ1n) is 15.2. The van der Waals surface area contributed by atoms with Gasteiger partial charge in [0.05, 0.1) is 0 Å². The van der Waals surface area contributed by atoms with Gasteiger partial charge in [-0.2, -0.15) is 17.7 Å². The molecule has 228 valence electrons.